The Hall–Kier alpha value is -1.81. The molecule has 0 bridgehead atoms. The van der Waals surface area contributed by atoms with Crippen LogP contribution in [-0.2, 0) is 6.18 Å². The molecule has 0 fully saturated rings. The summed E-state index contributed by atoms with van der Waals surface area (Å²) in [6.45, 7) is 0. The third-order valence-electron chi connectivity index (χ3n) is 1.97. The molecule has 0 amide bonds. The van der Waals surface area contributed by atoms with Gasteiger partial charge < -0.3 is 5.32 Å². The first-order valence-electron chi connectivity index (χ1n) is 4.62. The second-order valence-corrected chi connectivity index (χ2v) is 4.32. The standard InChI is InChI=1S/C11H4F4IN3/c12-8-1-7(11(13,14)15)2-9(10(8)16)19-5-6(3-17)4-18/h1-2,5,19H. The fraction of sp³-hybridized carbons (Fsp3) is 0.0909. The number of hydrogen-bond acceptors (Lipinski definition) is 3. The molecule has 1 aromatic rings. The zero-order valence-electron chi connectivity index (χ0n) is 9.02. The van der Waals surface area contributed by atoms with E-state index in [4.69, 9.17) is 10.5 Å². The first-order chi connectivity index (χ1) is 8.79. The minimum absolute atomic E-state index is 0.0721. The second-order valence-electron chi connectivity index (χ2n) is 3.24. The van der Waals surface area contributed by atoms with Crippen LogP contribution in [0.3, 0.4) is 0 Å². The van der Waals surface area contributed by atoms with Gasteiger partial charge in [-0.1, -0.05) is 0 Å². The Morgan fingerprint density at radius 3 is 2.32 bits per heavy atom. The number of alkyl halides is 3. The zero-order chi connectivity index (χ0) is 14.6. The minimum atomic E-state index is -4.68. The van der Waals surface area contributed by atoms with Crippen molar-refractivity contribution in [3.63, 3.8) is 0 Å². The molecule has 3 nitrogen and oxygen atoms in total. The number of benzene rings is 1. The summed E-state index contributed by atoms with van der Waals surface area (Å²) in [6, 6.07) is 4.12. The zero-order valence-corrected chi connectivity index (χ0v) is 11.2. The molecule has 0 atom stereocenters. The van der Waals surface area contributed by atoms with E-state index >= 15 is 0 Å². The Labute approximate surface area is 119 Å². The number of halogens is 5. The van der Waals surface area contributed by atoms with E-state index in [9.17, 15) is 17.6 Å². The molecule has 0 saturated heterocycles. The highest BCUT2D eigenvalue weighted by Crippen LogP contribution is 2.34. The predicted octanol–water partition coefficient (Wildman–Crippen LogP) is 3.79. The topological polar surface area (TPSA) is 59.6 Å². The van der Waals surface area contributed by atoms with Crippen LogP contribution in [-0.4, -0.2) is 0 Å². The molecular formula is C11H4F4IN3. The van der Waals surface area contributed by atoms with Gasteiger partial charge in [-0.25, -0.2) is 4.39 Å². The van der Waals surface area contributed by atoms with Gasteiger partial charge in [-0.3, -0.25) is 0 Å². The van der Waals surface area contributed by atoms with E-state index in [1.54, 1.807) is 0 Å². The summed E-state index contributed by atoms with van der Waals surface area (Å²) in [6.07, 6.45) is -3.77. The molecule has 0 aliphatic carbocycles. The van der Waals surface area contributed by atoms with Gasteiger partial charge in [0, 0.05) is 6.20 Å². The lowest BCUT2D eigenvalue weighted by molar-refractivity contribution is -0.137. The average Bonchev–Trinajstić information content (AvgIpc) is 2.33. The number of anilines is 1. The van der Waals surface area contributed by atoms with Crippen molar-refractivity contribution in [2.24, 2.45) is 0 Å². The van der Waals surface area contributed by atoms with Crippen molar-refractivity contribution in [1.82, 2.24) is 0 Å². The summed E-state index contributed by atoms with van der Waals surface area (Å²) >= 11 is 1.52. The molecule has 19 heavy (non-hydrogen) atoms. The number of nitriles is 2. The quantitative estimate of drug-likeness (QED) is 0.482. The van der Waals surface area contributed by atoms with Gasteiger partial charge in [-0.15, -0.1) is 0 Å². The van der Waals surface area contributed by atoms with Crippen LogP contribution in [0, 0.1) is 32.0 Å². The largest absolute Gasteiger partial charge is 0.416 e. The van der Waals surface area contributed by atoms with E-state index in [1.165, 1.54) is 34.7 Å². The Kier molecular flexibility index (Phi) is 4.72. The number of rotatable bonds is 2. The van der Waals surface area contributed by atoms with Crippen molar-refractivity contribution in [2.75, 3.05) is 5.32 Å². The molecule has 0 heterocycles. The highest BCUT2D eigenvalue weighted by Gasteiger charge is 2.32. The van der Waals surface area contributed by atoms with E-state index in [0.717, 1.165) is 6.20 Å². The summed E-state index contributed by atoms with van der Waals surface area (Å²) < 4.78 is 50.8. The van der Waals surface area contributed by atoms with Crippen molar-refractivity contribution >= 4 is 28.3 Å². The Morgan fingerprint density at radius 1 is 1.26 bits per heavy atom. The number of nitrogens with one attached hydrogen (secondary N) is 1. The maximum absolute atomic E-state index is 13.4. The lowest BCUT2D eigenvalue weighted by Gasteiger charge is -2.11. The molecule has 8 heteroatoms. The van der Waals surface area contributed by atoms with E-state index < -0.39 is 17.6 Å². The molecule has 0 spiro atoms. The van der Waals surface area contributed by atoms with Crippen molar-refractivity contribution in [3.8, 4) is 12.1 Å². The number of allylic oxidation sites excluding steroid dienone is 1. The third-order valence-corrected chi connectivity index (χ3v) is 3.06. The van der Waals surface area contributed by atoms with Crippen LogP contribution in [0.15, 0.2) is 23.9 Å². The molecule has 1 aromatic carbocycles. The van der Waals surface area contributed by atoms with Crippen LogP contribution in [0.2, 0.25) is 0 Å². The molecule has 1 rings (SSSR count). The summed E-state index contributed by atoms with van der Waals surface area (Å²) in [7, 11) is 0. The normalized spacial score (nSPS) is 10.3. The van der Waals surface area contributed by atoms with Crippen LogP contribution in [0.25, 0.3) is 0 Å². The average molecular weight is 381 g/mol. The summed E-state index contributed by atoms with van der Waals surface area (Å²) in [5.41, 5.74) is -1.67. The van der Waals surface area contributed by atoms with E-state index in [-0.39, 0.29) is 14.8 Å². The van der Waals surface area contributed by atoms with Gasteiger partial charge in [0.1, 0.15) is 23.5 Å². The highest BCUT2D eigenvalue weighted by atomic mass is 127. The molecule has 0 saturated carbocycles. The van der Waals surface area contributed by atoms with Crippen molar-refractivity contribution in [2.45, 2.75) is 6.18 Å². The highest BCUT2D eigenvalue weighted by molar-refractivity contribution is 14.1. The second kappa shape index (κ2) is 5.89. The third kappa shape index (κ3) is 3.83. The summed E-state index contributed by atoms with van der Waals surface area (Å²) in [4.78, 5) is 0. The van der Waals surface area contributed by atoms with E-state index in [1.807, 2.05) is 0 Å². The van der Waals surface area contributed by atoms with Crippen LogP contribution in [0.5, 0.6) is 0 Å². The SMILES string of the molecule is N#CC(C#N)=CNc1cc(C(F)(F)F)cc(F)c1I. The van der Waals surface area contributed by atoms with Gasteiger partial charge >= 0.3 is 6.18 Å². The Bertz CT molecular complexity index is 592. The van der Waals surface area contributed by atoms with Gasteiger partial charge in [0.2, 0.25) is 0 Å². The molecule has 0 aliphatic heterocycles. The van der Waals surface area contributed by atoms with E-state index in [0.29, 0.717) is 12.1 Å². The van der Waals surface area contributed by atoms with Gasteiger partial charge in [0.25, 0.3) is 0 Å². The lowest BCUT2D eigenvalue weighted by Crippen LogP contribution is -2.07. The molecule has 0 aromatic heterocycles. The van der Waals surface area contributed by atoms with Crippen molar-refractivity contribution < 1.29 is 17.6 Å². The molecule has 0 unspecified atom stereocenters. The number of hydrogen-bond donors (Lipinski definition) is 1. The van der Waals surface area contributed by atoms with Crippen LogP contribution in [0.4, 0.5) is 23.2 Å². The molecule has 98 valence electrons. The fourth-order valence-corrected chi connectivity index (χ4v) is 1.56. The van der Waals surface area contributed by atoms with Gasteiger partial charge in [-0.2, -0.15) is 23.7 Å². The summed E-state index contributed by atoms with van der Waals surface area (Å²) in [5.74, 6) is -1.04. The smallest absolute Gasteiger partial charge is 0.359 e. The maximum atomic E-state index is 13.4. The molecule has 1 N–H and O–H groups in total. The predicted molar refractivity (Wildman–Crippen MR) is 67.1 cm³/mol. The first-order valence-corrected chi connectivity index (χ1v) is 5.70. The molecule has 0 aliphatic rings. The Morgan fingerprint density at radius 2 is 1.84 bits per heavy atom. The molecular weight excluding hydrogens is 377 g/mol. The van der Waals surface area contributed by atoms with Gasteiger partial charge in [-0.05, 0) is 34.7 Å². The van der Waals surface area contributed by atoms with Crippen molar-refractivity contribution in [3.05, 3.63) is 38.9 Å². The molecule has 0 radical (unpaired) electrons. The van der Waals surface area contributed by atoms with Crippen LogP contribution in [0.1, 0.15) is 5.56 Å². The number of nitrogens with zero attached hydrogens (tertiary/aromatic N) is 2. The maximum Gasteiger partial charge on any atom is 0.416 e. The first kappa shape index (κ1) is 15.2. The fourth-order valence-electron chi connectivity index (χ4n) is 1.10. The Balaban J connectivity index is 3.23. The van der Waals surface area contributed by atoms with Crippen LogP contribution < -0.4 is 5.32 Å². The van der Waals surface area contributed by atoms with Crippen molar-refractivity contribution in [1.29, 1.82) is 10.5 Å². The van der Waals surface area contributed by atoms with Gasteiger partial charge in [0.15, 0.2) is 0 Å². The van der Waals surface area contributed by atoms with Crippen LogP contribution >= 0.6 is 22.6 Å². The monoisotopic (exact) mass is 381 g/mol. The summed E-state index contributed by atoms with van der Waals surface area (Å²) in [5, 5.41) is 19.3. The lowest BCUT2D eigenvalue weighted by atomic mass is 10.2. The minimum Gasteiger partial charge on any atom is -0.359 e. The van der Waals surface area contributed by atoms with Gasteiger partial charge in [0.05, 0.1) is 14.8 Å². The van der Waals surface area contributed by atoms with E-state index in [2.05, 4.69) is 5.32 Å².